The summed E-state index contributed by atoms with van der Waals surface area (Å²) in [4.78, 5) is 2.34. The Morgan fingerprint density at radius 1 is 1.48 bits per heavy atom. The van der Waals surface area contributed by atoms with Crippen molar-refractivity contribution >= 4 is 17.3 Å². The van der Waals surface area contributed by atoms with Gasteiger partial charge in [-0.1, -0.05) is 24.6 Å². The molecular weight excluding hydrogens is 284 g/mol. The molecule has 3 nitrogen and oxygen atoms in total. The third kappa shape index (κ3) is 4.60. The molecule has 21 heavy (non-hydrogen) atoms. The van der Waals surface area contributed by atoms with E-state index in [1.165, 1.54) is 5.56 Å². The minimum atomic E-state index is 0.258. The highest BCUT2D eigenvalue weighted by molar-refractivity contribution is 6.33. The van der Waals surface area contributed by atoms with Crippen molar-refractivity contribution < 1.29 is 4.74 Å². The van der Waals surface area contributed by atoms with Gasteiger partial charge in [0.2, 0.25) is 0 Å². The number of benzene rings is 1. The molecule has 1 aromatic carbocycles. The van der Waals surface area contributed by atoms with Crippen LogP contribution in [0.3, 0.4) is 0 Å². The predicted molar refractivity (Wildman–Crippen MR) is 90.4 cm³/mol. The molecule has 4 heteroatoms. The van der Waals surface area contributed by atoms with Crippen molar-refractivity contribution in [2.24, 2.45) is 0 Å². The number of anilines is 1. The molecule has 2 atom stereocenters. The first-order valence-corrected chi connectivity index (χ1v) is 8.39. The van der Waals surface area contributed by atoms with E-state index in [1.807, 2.05) is 0 Å². The van der Waals surface area contributed by atoms with Gasteiger partial charge >= 0.3 is 0 Å². The van der Waals surface area contributed by atoms with Gasteiger partial charge in [0.1, 0.15) is 0 Å². The number of nitrogens with zero attached hydrogens (tertiary/aromatic N) is 1. The molecule has 118 valence electrons. The summed E-state index contributed by atoms with van der Waals surface area (Å²) in [7, 11) is 0. The van der Waals surface area contributed by atoms with Gasteiger partial charge in [-0.05, 0) is 50.9 Å². The predicted octanol–water partition coefficient (Wildman–Crippen LogP) is 4.02. The van der Waals surface area contributed by atoms with Crippen LogP contribution in [-0.4, -0.2) is 32.3 Å². The fourth-order valence-corrected chi connectivity index (χ4v) is 3.05. The normalized spacial score (nSPS) is 21.1. The fourth-order valence-electron chi connectivity index (χ4n) is 2.74. The SMILES string of the molecule is CCCNC(C)c1ccc(N2CCCOC(C)C2)c(Cl)c1. The highest BCUT2D eigenvalue weighted by Gasteiger charge is 2.18. The molecule has 0 radical (unpaired) electrons. The number of hydrogen-bond donors (Lipinski definition) is 1. The summed E-state index contributed by atoms with van der Waals surface area (Å²) in [6, 6.07) is 6.77. The first-order valence-electron chi connectivity index (χ1n) is 8.01. The number of halogens is 1. The zero-order chi connectivity index (χ0) is 15.2. The lowest BCUT2D eigenvalue weighted by Crippen LogP contribution is -2.30. The highest BCUT2D eigenvalue weighted by atomic mass is 35.5. The molecule has 1 fully saturated rings. The van der Waals surface area contributed by atoms with Crippen molar-refractivity contribution in [1.82, 2.24) is 5.32 Å². The standard InChI is InChI=1S/C17H27ClN2O/c1-4-8-19-14(3)15-6-7-17(16(18)11-15)20-9-5-10-21-13(2)12-20/h6-7,11,13-14,19H,4-5,8-10,12H2,1-3H3. The second-order valence-electron chi connectivity index (χ2n) is 5.87. The Labute approximate surface area is 133 Å². The molecule has 2 unspecified atom stereocenters. The van der Waals surface area contributed by atoms with E-state index in [1.54, 1.807) is 0 Å². The van der Waals surface area contributed by atoms with Gasteiger partial charge in [-0.15, -0.1) is 0 Å². The maximum Gasteiger partial charge on any atom is 0.0721 e. The monoisotopic (exact) mass is 310 g/mol. The third-order valence-corrected chi connectivity index (χ3v) is 4.27. The first kappa shape index (κ1) is 16.6. The fraction of sp³-hybridized carbons (Fsp3) is 0.647. The number of hydrogen-bond acceptors (Lipinski definition) is 3. The van der Waals surface area contributed by atoms with Crippen LogP contribution in [0, 0.1) is 0 Å². The lowest BCUT2D eigenvalue weighted by atomic mass is 10.1. The second kappa shape index (κ2) is 8.02. The van der Waals surface area contributed by atoms with Gasteiger partial charge in [-0.2, -0.15) is 0 Å². The molecule has 2 rings (SSSR count). The van der Waals surface area contributed by atoms with Crippen LogP contribution < -0.4 is 10.2 Å². The lowest BCUT2D eigenvalue weighted by molar-refractivity contribution is 0.0821. The Bertz CT molecular complexity index is 452. The lowest BCUT2D eigenvalue weighted by Gasteiger charge is -2.26. The van der Waals surface area contributed by atoms with Crippen LogP contribution in [0.2, 0.25) is 5.02 Å². The Balaban J connectivity index is 2.11. The number of rotatable bonds is 5. The van der Waals surface area contributed by atoms with Crippen LogP contribution in [0.4, 0.5) is 5.69 Å². The number of nitrogens with one attached hydrogen (secondary N) is 1. The molecule has 1 aliphatic rings. The van der Waals surface area contributed by atoms with Crippen molar-refractivity contribution in [3.63, 3.8) is 0 Å². The van der Waals surface area contributed by atoms with Crippen LogP contribution in [0.1, 0.15) is 45.2 Å². The van der Waals surface area contributed by atoms with Crippen LogP contribution in [0.15, 0.2) is 18.2 Å². The molecule has 1 N–H and O–H groups in total. The van der Waals surface area contributed by atoms with Crippen molar-refractivity contribution in [3.05, 3.63) is 28.8 Å². The molecule has 1 saturated heterocycles. The summed E-state index contributed by atoms with van der Waals surface area (Å²) in [6.07, 6.45) is 2.45. The molecule has 0 amide bonds. The molecule has 1 heterocycles. The summed E-state index contributed by atoms with van der Waals surface area (Å²) < 4.78 is 5.71. The topological polar surface area (TPSA) is 24.5 Å². The Hall–Kier alpha value is -0.770. The molecule has 0 aliphatic carbocycles. The molecule has 0 saturated carbocycles. The molecule has 1 aliphatic heterocycles. The molecule has 1 aromatic rings. The van der Waals surface area contributed by atoms with Crippen LogP contribution in [0.5, 0.6) is 0 Å². The zero-order valence-electron chi connectivity index (χ0n) is 13.4. The van der Waals surface area contributed by atoms with E-state index < -0.39 is 0 Å². The maximum absolute atomic E-state index is 6.53. The minimum absolute atomic E-state index is 0.258. The van der Waals surface area contributed by atoms with Crippen molar-refractivity contribution in [3.8, 4) is 0 Å². The van der Waals surface area contributed by atoms with E-state index in [9.17, 15) is 0 Å². The van der Waals surface area contributed by atoms with E-state index >= 15 is 0 Å². The van der Waals surface area contributed by atoms with Gasteiger partial charge in [0.15, 0.2) is 0 Å². The zero-order valence-corrected chi connectivity index (χ0v) is 14.1. The summed E-state index contributed by atoms with van der Waals surface area (Å²) in [5.74, 6) is 0. The van der Waals surface area contributed by atoms with Gasteiger partial charge in [0.05, 0.1) is 16.8 Å². The summed E-state index contributed by atoms with van der Waals surface area (Å²) in [6.45, 7) is 10.3. The summed E-state index contributed by atoms with van der Waals surface area (Å²) in [5.41, 5.74) is 2.37. The van der Waals surface area contributed by atoms with E-state index in [4.69, 9.17) is 16.3 Å². The van der Waals surface area contributed by atoms with Crippen LogP contribution >= 0.6 is 11.6 Å². The molecule has 0 aromatic heterocycles. The molecular formula is C17H27ClN2O. The quantitative estimate of drug-likeness (QED) is 0.889. The Morgan fingerprint density at radius 3 is 3.00 bits per heavy atom. The van der Waals surface area contributed by atoms with Gasteiger partial charge in [-0.25, -0.2) is 0 Å². The Kier molecular flexibility index (Phi) is 6.34. The summed E-state index contributed by atoms with van der Waals surface area (Å²) in [5, 5.41) is 4.34. The molecule has 0 bridgehead atoms. The Morgan fingerprint density at radius 2 is 2.29 bits per heavy atom. The van der Waals surface area contributed by atoms with Gasteiger partial charge in [0, 0.05) is 25.7 Å². The van der Waals surface area contributed by atoms with E-state index in [0.717, 1.165) is 49.8 Å². The first-order chi connectivity index (χ1) is 10.1. The van der Waals surface area contributed by atoms with E-state index in [2.05, 4.69) is 49.2 Å². The number of ether oxygens (including phenoxy) is 1. The largest absolute Gasteiger partial charge is 0.377 e. The van der Waals surface area contributed by atoms with Crippen molar-refractivity contribution in [2.75, 3.05) is 31.1 Å². The average Bonchev–Trinajstić information content (AvgIpc) is 2.69. The highest BCUT2D eigenvalue weighted by Crippen LogP contribution is 2.30. The average molecular weight is 311 g/mol. The summed E-state index contributed by atoms with van der Waals surface area (Å²) >= 11 is 6.53. The van der Waals surface area contributed by atoms with Crippen molar-refractivity contribution in [2.45, 2.75) is 45.8 Å². The van der Waals surface area contributed by atoms with Gasteiger partial charge < -0.3 is 15.0 Å². The van der Waals surface area contributed by atoms with Crippen LogP contribution in [-0.2, 0) is 4.74 Å². The maximum atomic E-state index is 6.53. The second-order valence-corrected chi connectivity index (χ2v) is 6.27. The smallest absolute Gasteiger partial charge is 0.0721 e. The third-order valence-electron chi connectivity index (χ3n) is 3.97. The van der Waals surface area contributed by atoms with Gasteiger partial charge in [0.25, 0.3) is 0 Å². The molecule has 0 spiro atoms. The minimum Gasteiger partial charge on any atom is -0.377 e. The van der Waals surface area contributed by atoms with E-state index in [-0.39, 0.29) is 6.10 Å². The van der Waals surface area contributed by atoms with E-state index in [0.29, 0.717) is 6.04 Å². The van der Waals surface area contributed by atoms with Gasteiger partial charge in [-0.3, -0.25) is 0 Å². The van der Waals surface area contributed by atoms with Crippen LogP contribution in [0.25, 0.3) is 0 Å². The van der Waals surface area contributed by atoms with Crippen molar-refractivity contribution in [1.29, 1.82) is 0 Å².